The van der Waals surface area contributed by atoms with Crippen LogP contribution in [0.1, 0.15) is 18.5 Å². The summed E-state index contributed by atoms with van der Waals surface area (Å²) in [7, 11) is 0. The summed E-state index contributed by atoms with van der Waals surface area (Å²) in [5, 5.41) is 1.25. The van der Waals surface area contributed by atoms with E-state index in [4.69, 9.17) is 5.73 Å². The van der Waals surface area contributed by atoms with Crippen LogP contribution in [0, 0.1) is 0 Å². The van der Waals surface area contributed by atoms with Crippen LogP contribution in [0.5, 0.6) is 0 Å². The third kappa shape index (κ3) is 1.81. The van der Waals surface area contributed by atoms with Crippen molar-refractivity contribution >= 4 is 10.9 Å². The van der Waals surface area contributed by atoms with E-state index in [-0.39, 0.29) is 6.04 Å². The molecule has 3 N–H and O–H groups in total. The first-order valence-corrected chi connectivity index (χ1v) is 6.18. The Morgan fingerprint density at radius 2 is 1.89 bits per heavy atom. The zero-order valence-corrected chi connectivity index (χ0v) is 10.4. The van der Waals surface area contributed by atoms with Crippen molar-refractivity contribution in [1.82, 2.24) is 4.98 Å². The number of aromatic amines is 1. The molecule has 3 rings (SSSR count). The monoisotopic (exact) mass is 236 g/mol. The number of H-pyrrole nitrogens is 1. The zero-order valence-electron chi connectivity index (χ0n) is 10.4. The fourth-order valence-electron chi connectivity index (χ4n) is 2.30. The van der Waals surface area contributed by atoms with Crippen LogP contribution in [0.4, 0.5) is 0 Å². The van der Waals surface area contributed by atoms with E-state index < -0.39 is 0 Å². The third-order valence-corrected chi connectivity index (χ3v) is 3.31. The second-order valence-electron chi connectivity index (χ2n) is 4.66. The van der Waals surface area contributed by atoms with E-state index in [1.54, 1.807) is 0 Å². The number of nitrogens with one attached hydrogen (secondary N) is 1. The molecule has 1 heterocycles. The molecule has 0 aliphatic carbocycles. The number of rotatable bonds is 2. The van der Waals surface area contributed by atoms with Gasteiger partial charge in [-0.15, -0.1) is 0 Å². The van der Waals surface area contributed by atoms with Gasteiger partial charge in [0.25, 0.3) is 0 Å². The van der Waals surface area contributed by atoms with Gasteiger partial charge < -0.3 is 10.7 Å². The number of aromatic nitrogens is 1. The molecule has 1 unspecified atom stereocenters. The third-order valence-electron chi connectivity index (χ3n) is 3.31. The van der Waals surface area contributed by atoms with Gasteiger partial charge in [-0.3, -0.25) is 0 Å². The Bertz CT molecular complexity index is 680. The van der Waals surface area contributed by atoms with Gasteiger partial charge in [-0.2, -0.15) is 0 Å². The van der Waals surface area contributed by atoms with Crippen LogP contribution in [0.2, 0.25) is 0 Å². The second-order valence-corrected chi connectivity index (χ2v) is 4.66. The van der Waals surface area contributed by atoms with Gasteiger partial charge >= 0.3 is 0 Å². The van der Waals surface area contributed by atoms with Gasteiger partial charge in [-0.25, -0.2) is 0 Å². The highest BCUT2D eigenvalue weighted by atomic mass is 14.7. The van der Waals surface area contributed by atoms with Gasteiger partial charge in [0, 0.05) is 28.7 Å². The summed E-state index contributed by atoms with van der Waals surface area (Å²) in [6.07, 6.45) is 2.06. The van der Waals surface area contributed by atoms with Crippen molar-refractivity contribution in [1.29, 1.82) is 0 Å². The van der Waals surface area contributed by atoms with E-state index in [1.807, 2.05) is 13.0 Å². The second kappa shape index (κ2) is 4.31. The molecule has 0 fully saturated rings. The van der Waals surface area contributed by atoms with E-state index in [9.17, 15) is 0 Å². The minimum absolute atomic E-state index is 0.0650. The molecule has 3 aromatic rings. The molecule has 2 nitrogen and oxygen atoms in total. The van der Waals surface area contributed by atoms with Crippen LogP contribution in [-0.2, 0) is 0 Å². The molecular weight excluding hydrogens is 220 g/mol. The average Bonchev–Trinajstić information content (AvgIpc) is 2.82. The quantitative estimate of drug-likeness (QED) is 0.697. The normalized spacial score (nSPS) is 12.8. The largest absolute Gasteiger partial charge is 0.361 e. The van der Waals surface area contributed by atoms with E-state index in [0.29, 0.717) is 0 Å². The van der Waals surface area contributed by atoms with Gasteiger partial charge in [0.2, 0.25) is 0 Å². The predicted octanol–water partition coefficient (Wildman–Crippen LogP) is 3.85. The average molecular weight is 236 g/mol. The minimum Gasteiger partial charge on any atom is -0.361 e. The summed E-state index contributed by atoms with van der Waals surface area (Å²) >= 11 is 0. The Hall–Kier alpha value is -2.06. The molecule has 90 valence electrons. The fraction of sp³-hybridized carbons (Fsp3) is 0.125. The van der Waals surface area contributed by atoms with E-state index in [2.05, 4.69) is 53.6 Å². The summed E-state index contributed by atoms with van der Waals surface area (Å²) in [5.41, 5.74) is 10.7. The maximum atomic E-state index is 5.94. The topological polar surface area (TPSA) is 41.8 Å². The maximum absolute atomic E-state index is 5.94. The van der Waals surface area contributed by atoms with Crippen molar-refractivity contribution in [2.75, 3.05) is 0 Å². The van der Waals surface area contributed by atoms with Gasteiger partial charge in [-0.05, 0) is 30.2 Å². The summed E-state index contributed by atoms with van der Waals surface area (Å²) in [6.45, 7) is 2.01. The molecule has 0 saturated carbocycles. The van der Waals surface area contributed by atoms with Gasteiger partial charge in [-0.1, -0.05) is 36.4 Å². The Balaban J connectivity index is 2.17. The smallest absolute Gasteiger partial charge is 0.0460 e. The number of fused-ring (bicyclic) bond motifs is 1. The predicted molar refractivity (Wildman–Crippen MR) is 76.3 cm³/mol. The standard InChI is InChI=1S/C16H16N2/c1-11(17)12-5-4-6-13(9-12)15-10-18-16-8-3-2-7-14(15)16/h2-11,18H,17H2,1H3. The molecular formula is C16H16N2. The molecule has 18 heavy (non-hydrogen) atoms. The molecule has 1 aromatic heterocycles. The Kier molecular flexibility index (Phi) is 2.65. The molecule has 0 saturated heterocycles. The van der Waals surface area contributed by atoms with Crippen LogP contribution in [-0.4, -0.2) is 4.98 Å². The molecule has 1 atom stereocenters. The van der Waals surface area contributed by atoms with Crippen molar-refractivity contribution in [3.63, 3.8) is 0 Å². The first-order chi connectivity index (χ1) is 8.75. The summed E-state index contributed by atoms with van der Waals surface area (Å²) in [5.74, 6) is 0. The van der Waals surface area contributed by atoms with E-state index in [1.165, 1.54) is 22.0 Å². The highest BCUT2D eigenvalue weighted by Gasteiger charge is 2.07. The highest BCUT2D eigenvalue weighted by molar-refractivity contribution is 5.95. The van der Waals surface area contributed by atoms with Crippen molar-refractivity contribution in [3.8, 4) is 11.1 Å². The molecule has 0 amide bonds. The maximum Gasteiger partial charge on any atom is 0.0460 e. The fourth-order valence-corrected chi connectivity index (χ4v) is 2.30. The Morgan fingerprint density at radius 3 is 2.72 bits per heavy atom. The van der Waals surface area contributed by atoms with Gasteiger partial charge in [0.15, 0.2) is 0 Å². The first-order valence-electron chi connectivity index (χ1n) is 6.18. The summed E-state index contributed by atoms with van der Waals surface area (Å²) in [4.78, 5) is 3.30. The lowest BCUT2D eigenvalue weighted by molar-refractivity contribution is 0.819. The van der Waals surface area contributed by atoms with Crippen LogP contribution < -0.4 is 5.73 Å². The lowest BCUT2D eigenvalue weighted by atomic mass is 10.00. The van der Waals surface area contributed by atoms with Crippen LogP contribution in [0.15, 0.2) is 54.7 Å². The number of para-hydroxylation sites is 1. The molecule has 0 spiro atoms. The first kappa shape index (κ1) is 11.1. The Morgan fingerprint density at radius 1 is 1.06 bits per heavy atom. The molecule has 0 bridgehead atoms. The van der Waals surface area contributed by atoms with Gasteiger partial charge in [0.05, 0.1) is 0 Å². The summed E-state index contributed by atoms with van der Waals surface area (Å²) in [6, 6.07) is 16.8. The van der Waals surface area contributed by atoms with Crippen LogP contribution >= 0.6 is 0 Å². The molecule has 0 radical (unpaired) electrons. The van der Waals surface area contributed by atoms with Crippen molar-refractivity contribution in [2.24, 2.45) is 5.73 Å². The number of hydrogen-bond donors (Lipinski definition) is 2. The zero-order chi connectivity index (χ0) is 12.5. The lowest BCUT2D eigenvalue weighted by Crippen LogP contribution is -2.04. The van der Waals surface area contributed by atoms with Crippen molar-refractivity contribution < 1.29 is 0 Å². The highest BCUT2D eigenvalue weighted by Crippen LogP contribution is 2.29. The lowest BCUT2D eigenvalue weighted by Gasteiger charge is -2.07. The van der Waals surface area contributed by atoms with Crippen LogP contribution in [0.3, 0.4) is 0 Å². The minimum atomic E-state index is 0.0650. The molecule has 2 heteroatoms. The molecule has 0 aliphatic heterocycles. The SMILES string of the molecule is CC(N)c1cccc(-c2c[nH]c3ccccc23)c1. The van der Waals surface area contributed by atoms with Gasteiger partial charge in [0.1, 0.15) is 0 Å². The number of benzene rings is 2. The Labute approximate surface area is 106 Å². The van der Waals surface area contributed by atoms with E-state index >= 15 is 0 Å². The summed E-state index contributed by atoms with van der Waals surface area (Å²) < 4.78 is 0. The van der Waals surface area contributed by atoms with Crippen molar-refractivity contribution in [3.05, 3.63) is 60.3 Å². The number of hydrogen-bond acceptors (Lipinski definition) is 1. The van der Waals surface area contributed by atoms with Crippen LogP contribution in [0.25, 0.3) is 22.0 Å². The number of nitrogens with two attached hydrogens (primary N) is 1. The van der Waals surface area contributed by atoms with Crippen molar-refractivity contribution in [2.45, 2.75) is 13.0 Å². The van der Waals surface area contributed by atoms with E-state index in [0.717, 1.165) is 5.56 Å². The molecule has 0 aliphatic rings. The molecule has 2 aromatic carbocycles.